The SMILES string of the molecule is CC(C)c1ccc(CC2(C)Cc3cc(CC(=O)N(CC(=O)O)Cc4ccc(F)c(Cl)c4)ccc3O2)cc1. The van der Waals surface area contributed by atoms with Gasteiger partial charge in [-0.15, -0.1) is 0 Å². The minimum atomic E-state index is -1.12. The highest BCUT2D eigenvalue weighted by Gasteiger charge is 2.35. The predicted octanol–water partition coefficient (Wildman–Crippen LogP) is 6.19. The molecule has 0 saturated heterocycles. The van der Waals surface area contributed by atoms with Crippen molar-refractivity contribution in [1.29, 1.82) is 0 Å². The van der Waals surface area contributed by atoms with E-state index in [4.69, 9.17) is 16.3 Å². The first-order valence-electron chi connectivity index (χ1n) is 12.3. The topological polar surface area (TPSA) is 66.8 Å². The lowest BCUT2D eigenvalue weighted by molar-refractivity contribution is -0.144. The molecule has 1 aliphatic rings. The Bertz CT molecular complexity index is 1310. The average molecular weight is 524 g/mol. The van der Waals surface area contributed by atoms with Crippen LogP contribution in [0.4, 0.5) is 4.39 Å². The maximum atomic E-state index is 13.5. The van der Waals surface area contributed by atoms with Gasteiger partial charge in [0, 0.05) is 19.4 Å². The first-order valence-corrected chi connectivity index (χ1v) is 12.7. The minimum Gasteiger partial charge on any atom is -0.487 e. The molecule has 0 fully saturated rings. The van der Waals surface area contributed by atoms with E-state index < -0.39 is 18.3 Å². The van der Waals surface area contributed by atoms with E-state index in [1.54, 1.807) is 0 Å². The lowest BCUT2D eigenvalue weighted by Crippen LogP contribution is -2.36. The molecule has 4 rings (SSSR count). The molecule has 0 aliphatic carbocycles. The van der Waals surface area contributed by atoms with Crippen LogP contribution in [0.3, 0.4) is 0 Å². The number of aliphatic carboxylic acids is 1. The van der Waals surface area contributed by atoms with Gasteiger partial charge in [0.2, 0.25) is 5.91 Å². The number of benzene rings is 3. The zero-order chi connectivity index (χ0) is 26.7. The van der Waals surface area contributed by atoms with Crippen LogP contribution in [0.2, 0.25) is 5.02 Å². The molecule has 194 valence electrons. The second-order valence-corrected chi connectivity index (χ2v) is 10.7. The predicted molar refractivity (Wildman–Crippen MR) is 142 cm³/mol. The lowest BCUT2D eigenvalue weighted by Gasteiger charge is -2.24. The quantitative estimate of drug-likeness (QED) is 0.363. The second-order valence-electron chi connectivity index (χ2n) is 10.3. The summed E-state index contributed by atoms with van der Waals surface area (Å²) < 4.78 is 19.8. The average Bonchev–Trinajstić information content (AvgIpc) is 3.16. The lowest BCUT2D eigenvalue weighted by atomic mass is 9.90. The van der Waals surface area contributed by atoms with E-state index in [1.165, 1.54) is 34.2 Å². The highest BCUT2D eigenvalue weighted by Crippen LogP contribution is 2.37. The molecular weight excluding hydrogens is 493 g/mol. The van der Waals surface area contributed by atoms with Gasteiger partial charge in [0.05, 0.1) is 11.4 Å². The normalized spacial score (nSPS) is 16.4. The van der Waals surface area contributed by atoms with Crippen molar-refractivity contribution in [2.45, 2.75) is 58.1 Å². The summed E-state index contributed by atoms with van der Waals surface area (Å²) in [5.41, 5.74) is 4.49. The first kappa shape index (κ1) is 26.7. The zero-order valence-corrected chi connectivity index (χ0v) is 22.0. The monoisotopic (exact) mass is 523 g/mol. The molecule has 1 heterocycles. The number of nitrogens with zero attached hydrogens (tertiary/aromatic N) is 1. The molecule has 1 aliphatic heterocycles. The standard InChI is InChI=1S/C30H31ClFNO4/c1-19(2)23-8-4-20(5-9-23)15-30(3)16-24-12-21(7-11-27(24)37-30)14-28(34)33(18-29(35)36)17-22-6-10-26(32)25(31)13-22/h4-13,19H,14-18H2,1-3H3,(H,35,36). The molecule has 0 saturated carbocycles. The molecule has 1 unspecified atom stereocenters. The van der Waals surface area contributed by atoms with E-state index in [9.17, 15) is 19.1 Å². The van der Waals surface area contributed by atoms with Gasteiger partial charge >= 0.3 is 5.97 Å². The molecule has 0 bridgehead atoms. The van der Waals surface area contributed by atoms with Crippen LogP contribution in [0.15, 0.2) is 60.7 Å². The van der Waals surface area contributed by atoms with Crippen molar-refractivity contribution in [2.75, 3.05) is 6.54 Å². The number of rotatable bonds is 9. The van der Waals surface area contributed by atoms with Crippen molar-refractivity contribution in [2.24, 2.45) is 0 Å². The maximum absolute atomic E-state index is 13.5. The number of ether oxygens (including phenoxy) is 1. The van der Waals surface area contributed by atoms with E-state index in [1.807, 2.05) is 18.2 Å². The van der Waals surface area contributed by atoms with Crippen LogP contribution in [-0.4, -0.2) is 34.0 Å². The zero-order valence-electron chi connectivity index (χ0n) is 21.3. The van der Waals surface area contributed by atoms with Crippen molar-refractivity contribution in [3.63, 3.8) is 0 Å². The van der Waals surface area contributed by atoms with Crippen molar-refractivity contribution in [1.82, 2.24) is 4.90 Å². The van der Waals surface area contributed by atoms with Crippen LogP contribution >= 0.6 is 11.6 Å². The summed E-state index contributed by atoms with van der Waals surface area (Å²) in [5.74, 6) is -0.740. The Morgan fingerprint density at radius 1 is 1.05 bits per heavy atom. The largest absolute Gasteiger partial charge is 0.487 e. The number of hydrogen-bond acceptors (Lipinski definition) is 3. The fraction of sp³-hybridized carbons (Fsp3) is 0.333. The van der Waals surface area contributed by atoms with Gasteiger partial charge in [-0.25, -0.2) is 4.39 Å². The molecule has 1 amide bonds. The third kappa shape index (κ3) is 6.69. The summed E-state index contributed by atoms with van der Waals surface area (Å²) in [4.78, 5) is 25.7. The Kier molecular flexibility index (Phi) is 7.88. The van der Waals surface area contributed by atoms with Gasteiger partial charge in [0.1, 0.15) is 23.7 Å². The molecular formula is C30H31ClFNO4. The van der Waals surface area contributed by atoms with Crippen LogP contribution in [0.1, 0.15) is 54.5 Å². The summed E-state index contributed by atoms with van der Waals surface area (Å²) in [6, 6.07) is 18.4. The first-order chi connectivity index (χ1) is 17.5. The summed E-state index contributed by atoms with van der Waals surface area (Å²) >= 11 is 5.85. The van der Waals surface area contributed by atoms with E-state index >= 15 is 0 Å². The number of carbonyl (C=O) groups excluding carboxylic acids is 1. The van der Waals surface area contributed by atoms with Gasteiger partial charge in [-0.2, -0.15) is 0 Å². The van der Waals surface area contributed by atoms with Crippen molar-refractivity contribution in [3.8, 4) is 5.75 Å². The van der Waals surface area contributed by atoms with Gasteiger partial charge < -0.3 is 14.7 Å². The molecule has 1 atom stereocenters. The van der Waals surface area contributed by atoms with E-state index in [0.29, 0.717) is 17.9 Å². The molecule has 7 heteroatoms. The van der Waals surface area contributed by atoms with Crippen LogP contribution in [-0.2, 0) is 35.4 Å². The fourth-order valence-electron chi connectivity index (χ4n) is 4.78. The van der Waals surface area contributed by atoms with Crippen LogP contribution in [0.5, 0.6) is 5.75 Å². The third-order valence-electron chi connectivity index (χ3n) is 6.66. The number of fused-ring (bicyclic) bond motifs is 1. The molecule has 3 aromatic carbocycles. The van der Waals surface area contributed by atoms with Gasteiger partial charge in [-0.05, 0) is 58.9 Å². The molecule has 0 radical (unpaired) electrons. The van der Waals surface area contributed by atoms with Crippen molar-refractivity contribution >= 4 is 23.5 Å². The highest BCUT2D eigenvalue weighted by atomic mass is 35.5. The summed E-state index contributed by atoms with van der Waals surface area (Å²) in [6.45, 7) is 6.00. The van der Waals surface area contributed by atoms with Gasteiger partial charge in [0.15, 0.2) is 0 Å². The molecule has 1 N–H and O–H groups in total. The minimum absolute atomic E-state index is 0.0207. The number of amides is 1. The molecule has 3 aromatic rings. The Morgan fingerprint density at radius 2 is 1.73 bits per heavy atom. The molecule has 5 nitrogen and oxygen atoms in total. The van der Waals surface area contributed by atoms with Gasteiger partial charge in [-0.3, -0.25) is 9.59 Å². The number of carboxylic acids is 1. The van der Waals surface area contributed by atoms with E-state index in [0.717, 1.165) is 23.3 Å². The molecule has 37 heavy (non-hydrogen) atoms. The summed E-state index contributed by atoms with van der Waals surface area (Å²) in [5, 5.41) is 9.26. The van der Waals surface area contributed by atoms with E-state index in [-0.39, 0.29) is 29.5 Å². The van der Waals surface area contributed by atoms with Crippen molar-refractivity contribution < 1.29 is 23.8 Å². The highest BCUT2D eigenvalue weighted by molar-refractivity contribution is 6.30. The fourth-order valence-corrected chi connectivity index (χ4v) is 4.98. The van der Waals surface area contributed by atoms with Crippen LogP contribution in [0, 0.1) is 5.82 Å². The molecule has 0 spiro atoms. The summed E-state index contributed by atoms with van der Waals surface area (Å²) in [7, 11) is 0. The van der Waals surface area contributed by atoms with Gasteiger partial charge in [-0.1, -0.05) is 67.9 Å². The third-order valence-corrected chi connectivity index (χ3v) is 6.95. The number of carboxylic acid groups (broad SMARTS) is 1. The number of hydrogen-bond donors (Lipinski definition) is 1. The maximum Gasteiger partial charge on any atom is 0.323 e. The number of carbonyl (C=O) groups is 2. The number of halogens is 2. The Balaban J connectivity index is 1.44. The van der Waals surface area contributed by atoms with Gasteiger partial charge in [0.25, 0.3) is 0 Å². The Labute approximate surface area is 221 Å². The van der Waals surface area contributed by atoms with Crippen LogP contribution < -0.4 is 4.74 Å². The van der Waals surface area contributed by atoms with Crippen LogP contribution in [0.25, 0.3) is 0 Å². The molecule has 0 aromatic heterocycles. The van der Waals surface area contributed by atoms with E-state index in [2.05, 4.69) is 45.0 Å². The second kappa shape index (κ2) is 10.9. The van der Waals surface area contributed by atoms with Crippen molar-refractivity contribution in [3.05, 3.63) is 99.3 Å². The smallest absolute Gasteiger partial charge is 0.323 e. The summed E-state index contributed by atoms with van der Waals surface area (Å²) in [6.07, 6.45) is 1.52. The Hall–Kier alpha value is -3.38. The Morgan fingerprint density at radius 3 is 2.38 bits per heavy atom.